The van der Waals surface area contributed by atoms with E-state index in [1.807, 2.05) is 13.8 Å². The number of carboxylic acid groups (broad SMARTS) is 2. The van der Waals surface area contributed by atoms with Crippen molar-refractivity contribution in [1.29, 1.82) is 0 Å². The molecule has 0 radical (unpaired) electrons. The van der Waals surface area contributed by atoms with Gasteiger partial charge in [-0.15, -0.1) is 0 Å². The van der Waals surface area contributed by atoms with Crippen molar-refractivity contribution in [1.82, 2.24) is 14.9 Å². The largest absolute Gasteiger partial charge is 0.481 e. The molecule has 12 heteroatoms. The Kier molecular flexibility index (Phi) is 9.78. The van der Waals surface area contributed by atoms with Crippen LogP contribution in [-0.2, 0) is 29.2 Å². The van der Waals surface area contributed by atoms with Gasteiger partial charge < -0.3 is 20.4 Å². The van der Waals surface area contributed by atoms with E-state index in [9.17, 15) is 27.6 Å². The minimum absolute atomic E-state index is 0.0638. The Morgan fingerprint density at radius 1 is 1.09 bits per heavy atom. The lowest BCUT2D eigenvalue weighted by Crippen LogP contribution is -2.54. The Morgan fingerprint density at radius 3 is 2.14 bits per heavy atom. The van der Waals surface area contributed by atoms with Crippen LogP contribution in [0.3, 0.4) is 0 Å². The molecule has 2 rings (SSSR count). The Morgan fingerprint density at radius 2 is 1.66 bits per heavy atom. The third-order valence-electron chi connectivity index (χ3n) is 6.26. The van der Waals surface area contributed by atoms with E-state index >= 15 is 0 Å². The first-order valence-corrected chi connectivity index (χ1v) is 13.0. The number of hydrogen-bond donors (Lipinski definition) is 4. The normalized spacial score (nSPS) is 17.3. The summed E-state index contributed by atoms with van der Waals surface area (Å²) < 4.78 is 28.4. The monoisotopic (exact) mass is 511 g/mol. The highest BCUT2D eigenvalue weighted by Gasteiger charge is 2.36. The number of hydrogen-bond acceptors (Lipinski definition) is 6. The Labute approximate surface area is 204 Å². The van der Waals surface area contributed by atoms with Crippen molar-refractivity contribution in [2.75, 3.05) is 13.1 Å². The summed E-state index contributed by atoms with van der Waals surface area (Å²) in [5.74, 6) is -4.61. The van der Waals surface area contributed by atoms with Gasteiger partial charge in [0.05, 0.1) is 11.3 Å². The number of piperidine rings is 1. The zero-order valence-electron chi connectivity index (χ0n) is 20.1. The van der Waals surface area contributed by atoms with Gasteiger partial charge in [0.25, 0.3) is 0 Å². The summed E-state index contributed by atoms with van der Waals surface area (Å²) in [7, 11) is -3.94. The van der Waals surface area contributed by atoms with Gasteiger partial charge in [-0.3, -0.25) is 14.4 Å². The van der Waals surface area contributed by atoms with Crippen LogP contribution in [0.25, 0.3) is 0 Å². The predicted octanol–water partition coefficient (Wildman–Crippen LogP) is 0.971. The van der Waals surface area contributed by atoms with Gasteiger partial charge in [0.2, 0.25) is 21.8 Å². The number of likely N-dealkylation sites (tertiary alicyclic amines) is 1. The molecule has 1 aliphatic rings. The van der Waals surface area contributed by atoms with Crippen LogP contribution in [-0.4, -0.2) is 72.5 Å². The lowest BCUT2D eigenvalue weighted by molar-refractivity contribution is -0.148. The third kappa shape index (κ3) is 7.76. The average Bonchev–Trinajstić information content (AvgIpc) is 2.81. The summed E-state index contributed by atoms with van der Waals surface area (Å²) in [6.45, 7) is 5.86. The van der Waals surface area contributed by atoms with E-state index in [1.54, 1.807) is 19.1 Å². The number of nitrogens with zero attached hydrogens (tertiary/aromatic N) is 1. The van der Waals surface area contributed by atoms with E-state index in [1.165, 1.54) is 17.0 Å². The Bertz CT molecular complexity index is 1030. The van der Waals surface area contributed by atoms with Crippen LogP contribution in [0.1, 0.15) is 45.1 Å². The van der Waals surface area contributed by atoms with Gasteiger partial charge in [-0.1, -0.05) is 38.0 Å². The highest BCUT2D eigenvalue weighted by molar-refractivity contribution is 7.89. The minimum Gasteiger partial charge on any atom is -0.481 e. The van der Waals surface area contributed by atoms with Crippen molar-refractivity contribution in [3.05, 3.63) is 29.8 Å². The zero-order chi connectivity index (χ0) is 26.3. The molecule has 3 atom stereocenters. The number of nitrogens with one attached hydrogen (secondary N) is 2. The average molecular weight is 512 g/mol. The molecule has 0 aliphatic carbocycles. The van der Waals surface area contributed by atoms with Crippen molar-refractivity contribution in [3.8, 4) is 0 Å². The maximum Gasteiger partial charge on any atom is 0.326 e. The molecule has 0 aromatic heterocycles. The number of carbonyl (C=O) groups is 4. The van der Waals surface area contributed by atoms with Gasteiger partial charge in [-0.25, -0.2) is 13.2 Å². The SMILES string of the molecule is CCC(C)C(NS(=O)(=O)c1ccc(C)cc1)C(=O)N1CCC(C(=O)NC(CC(=O)O)C(=O)O)CC1. The molecule has 0 spiro atoms. The smallest absolute Gasteiger partial charge is 0.326 e. The van der Waals surface area contributed by atoms with Gasteiger partial charge >= 0.3 is 11.9 Å². The zero-order valence-corrected chi connectivity index (χ0v) is 20.9. The molecular formula is C23H33N3O8S. The molecule has 1 aliphatic heterocycles. The van der Waals surface area contributed by atoms with Crippen molar-refractivity contribution in [2.45, 2.75) is 63.4 Å². The first kappa shape index (κ1) is 28.2. The number of carbonyl (C=O) groups excluding carboxylic acids is 2. The van der Waals surface area contributed by atoms with Gasteiger partial charge in [-0.05, 0) is 37.8 Å². The highest BCUT2D eigenvalue weighted by atomic mass is 32.2. The third-order valence-corrected chi connectivity index (χ3v) is 7.72. The molecule has 2 amide bonds. The van der Waals surface area contributed by atoms with E-state index in [0.717, 1.165) is 5.56 Å². The molecular weight excluding hydrogens is 478 g/mol. The molecule has 1 fully saturated rings. The van der Waals surface area contributed by atoms with E-state index in [0.29, 0.717) is 6.42 Å². The van der Waals surface area contributed by atoms with Crippen LogP contribution >= 0.6 is 0 Å². The summed E-state index contributed by atoms with van der Waals surface area (Å²) in [6.07, 6.45) is 0.311. The lowest BCUT2D eigenvalue weighted by Gasteiger charge is -2.35. The summed E-state index contributed by atoms with van der Waals surface area (Å²) in [6, 6.07) is 3.80. The van der Waals surface area contributed by atoms with E-state index in [4.69, 9.17) is 10.2 Å². The fourth-order valence-electron chi connectivity index (χ4n) is 3.82. The number of carboxylic acids is 2. The second-order valence-electron chi connectivity index (χ2n) is 8.89. The molecule has 0 bridgehead atoms. The van der Waals surface area contributed by atoms with Gasteiger partial charge in [0, 0.05) is 19.0 Å². The summed E-state index contributed by atoms with van der Waals surface area (Å²) in [4.78, 5) is 49.4. The highest BCUT2D eigenvalue weighted by Crippen LogP contribution is 2.22. The van der Waals surface area contributed by atoms with Crippen molar-refractivity contribution >= 4 is 33.8 Å². The fraction of sp³-hybridized carbons (Fsp3) is 0.565. The number of rotatable bonds is 11. The first-order valence-electron chi connectivity index (χ1n) is 11.5. The minimum atomic E-state index is -3.94. The van der Waals surface area contributed by atoms with Crippen LogP contribution < -0.4 is 10.0 Å². The topological polar surface area (TPSA) is 170 Å². The maximum atomic E-state index is 13.3. The second kappa shape index (κ2) is 12.1. The van der Waals surface area contributed by atoms with E-state index < -0.39 is 52.3 Å². The van der Waals surface area contributed by atoms with Crippen LogP contribution in [0, 0.1) is 18.8 Å². The maximum absolute atomic E-state index is 13.3. The van der Waals surface area contributed by atoms with Gasteiger partial charge in [0.15, 0.2) is 0 Å². The Balaban J connectivity index is 2.05. The van der Waals surface area contributed by atoms with E-state index in [-0.39, 0.29) is 42.7 Å². The van der Waals surface area contributed by atoms with Crippen molar-refractivity contribution in [3.63, 3.8) is 0 Å². The molecule has 1 aromatic carbocycles. The quantitative estimate of drug-likeness (QED) is 0.340. The van der Waals surface area contributed by atoms with Crippen LogP contribution in [0.5, 0.6) is 0 Å². The standard InChI is InChI=1S/C23H33N3O8S/c1-4-15(3)20(25-35(33,34)17-7-5-14(2)6-8-17)22(30)26-11-9-16(10-12-26)21(29)24-18(23(31)32)13-19(27)28/h5-8,15-16,18,20,25H,4,9-13H2,1-3H3,(H,24,29)(H,27,28)(H,31,32). The summed E-state index contributed by atoms with van der Waals surface area (Å²) >= 11 is 0. The van der Waals surface area contributed by atoms with Crippen LogP contribution in [0.2, 0.25) is 0 Å². The molecule has 11 nitrogen and oxygen atoms in total. The molecule has 0 saturated carbocycles. The number of aryl methyl sites for hydroxylation is 1. The summed E-state index contributed by atoms with van der Waals surface area (Å²) in [5.41, 5.74) is 0.906. The number of sulfonamides is 1. The molecule has 194 valence electrons. The predicted molar refractivity (Wildman–Crippen MR) is 126 cm³/mol. The van der Waals surface area contributed by atoms with Crippen molar-refractivity contribution in [2.24, 2.45) is 11.8 Å². The number of aliphatic carboxylic acids is 2. The molecule has 35 heavy (non-hydrogen) atoms. The van der Waals surface area contributed by atoms with Gasteiger partial charge in [0.1, 0.15) is 12.1 Å². The van der Waals surface area contributed by atoms with E-state index in [2.05, 4.69) is 10.0 Å². The van der Waals surface area contributed by atoms with Crippen LogP contribution in [0.15, 0.2) is 29.2 Å². The number of amides is 2. The molecule has 4 N–H and O–H groups in total. The Hall–Kier alpha value is -2.99. The first-order chi connectivity index (χ1) is 16.4. The second-order valence-corrected chi connectivity index (χ2v) is 10.6. The number of benzene rings is 1. The van der Waals surface area contributed by atoms with Gasteiger partial charge in [-0.2, -0.15) is 4.72 Å². The van der Waals surface area contributed by atoms with Crippen LogP contribution in [0.4, 0.5) is 0 Å². The molecule has 1 aromatic rings. The summed E-state index contributed by atoms with van der Waals surface area (Å²) in [5, 5.41) is 20.2. The fourth-order valence-corrected chi connectivity index (χ4v) is 5.12. The molecule has 3 unspecified atom stereocenters. The van der Waals surface area contributed by atoms with Crippen molar-refractivity contribution < 1.29 is 37.8 Å². The lowest BCUT2D eigenvalue weighted by atomic mass is 9.93. The molecule has 1 saturated heterocycles. The molecule has 1 heterocycles.